The lowest BCUT2D eigenvalue weighted by atomic mass is 9.97. The number of carboxylic acids is 2. The van der Waals surface area contributed by atoms with E-state index < -0.39 is 60.8 Å². The number of carboxylic acid groups (broad SMARTS) is 2. The second-order valence-corrected chi connectivity index (χ2v) is 9.35. The van der Waals surface area contributed by atoms with Gasteiger partial charge in [-0.25, -0.2) is 4.79 Å². The second-order valence-electron chi connectivity index (χ2n) is 9.35. The third kappa shape index (κ3) is 13.6. The van der Waals surface area contributed by atoms with Crippen LogP contribution in [0.3, 0.4) is 0 Å². The molecule has 10 N–H and O–H groups in total. The number of carbonyl (C=O) groups is 5. The van der Waals surface area contributed by atoms with Crippen LogP contribution in [0, 0.1) is 5.92 Å². The summed E-state index contributed by atoms with van der Waals surface area (Å²) >= 11 is 0. The van der Waals surface area contributed by atoms with Crippen LogP contribution in [0.25, 0.3) is 0 Å². The predicted molar refractivity (Wildman–Crippen MR) is 148 cm³/mol. The van der Waals surface area contributed by atoms with Gasteiger partial charge in [-0.15, -0.1) is 0 Å². The lowest BCUT2D eigenvalue weighted by Gasteiger charge is -2.26. The molecular weight excluding hydrogens is 522 g/mol. The average Bonchev–Trinajstić information content (AvgIpc) is 2.91. The van der Waals surface area contributed by atoms with Crippen molar-refractivity contribution in [1.29, 1.82) is 0 Å². The molecule has 0 aliphatic carbocycles. The van der Waals surface area contributed by atoms with E-state index in [1.165, 1.54) is 0 Å². The molecule has 4 atom stereocenters. The molecule has 0 saturated carbocycles. The Balaban J connectivity index is 2.80. The summed E-state index contributed by atoms with van der Waals surface area (Å²) in [7, 11) is 0. The normalized spacial score (nSPS) is 13.7. The van der Waals surface area contributed by atoms with Gasteiger partial charge in [-0.1, -0.05) is 50.6 Å². The second kappa shape index (κ2) is 18.2. The third-order valence-electron chi connectivity index (χ3n) is 6.15. The number of nitrogens with one attached hydrogen (secondary N) is 4. The van der Waals surface area contributed by atoms with E-state index in [-0.39, 0.29) is 31.3 Å². The van der Waals surface area contributed by atoms with Crippen LogP contribution in [0.2, 0.25) is 0 Å². The number of aliphatic imine (C=N–C) groups is 1. The summed E-state index contributed by atoms with van der Waals surface area (Å²) in [4.78, 5) is 64.7. The summed E-state index contributed by atoms with van der Waals surface area (Å²) in [6.45, 7) is 3.83. The van der Waals surface area contributed by atoms with E-state index in [1.807, 2.05) is 44.2 Å². The lowest BCUT2D eigenvalue weighted by molar-refractivity contribution is -0.142. The number of hydrogen-bond acceptors (Lipinski definition) is 7. The van der Waals surface area contributed by atoms with E-state index in [9.17, 15) is 29.1 Å². The van der Waals surface area contributed by atoms with Crippen LogP contribution < -0.4 is 32.7 Å². The molecule has 0 aromatic heterocycles. The third-order valence-corrected chi connectivity index (χ3v) is 6.15. The van der Waals surface area contributed by atoms with Crippen LogP contribution in [0.4, 0.5) is 0 Å². The highest BCUT2D eigenvalue weighted by molar-refractivity contribution is 5.93. The molecule has 40 heavy (non-hydrogen) atoms. The highest BCUT2D eigenvalue weighted by Gasteiger charge is 2.29. The summed E-state index contributed by atoms with van der Waals surface area (Å²) in [5, 5.41) is 28.9. The molecule has 0 heterocycles. The molecule has 14 nitrogen and oxygen atoms in total. The molecule has 0 radical (unpaired) electrons. The van der Waals surface area contributed by atoms with Crippen molar-refractivity contribution in [2.75, 3.05) is 13.1 Å². The summed E-state index contributed by atoms with van der Waals surface area (Å²) in [6, 6.07) is 6.34. The van der Waals surface area contributed by atoms with Crippen molar-refractivity contribution in [2.24, 2.45) is 22.4 Å². The summed E-state index contributed by atoms with van der Waals surface area (Å²) in [5.74, 6) is -4.68. The number of nitrogens with two attached hydrogens (primary N) is 2. The first-order chi connectivity index (χ1) is 18.9. The molecule has 0 aliphatic heterocycles. The molecule has 1 aromatic carbocycles. The van der Waals surface area contributed by atoms with Crippen LogP contribution in [-0.4, -0.2) is 77.0 Å². The Labute approximate surface area is 233 Å². The molecule has 1 aromatic rings. The van der Waals surface area contributed by atoms with E-state index in [4.69, 9.17) is 16.6 Å². The van der Waals surface area contributed by atoms with Crippen molar-refractivity contribution in [3.05, 3.63) is 35.9 Å². The Morgan fingerprint density at radius 3 is 2.20 bits per heavy atom. The highest BCUT2D eigenvalue weighted by Crippen LogP contribution is 2.11. The SMILES string of the molecule is CCC(C)C(NCc1ccccc1)C(=O)NC(CCC(=O)O)C(=O)NCC(=O)NC(CCCN=C(N)N)C(=O)O. The predicted octanol–water partition coefficient (Wildman–Crippen LogP) is -0.720. The minimum atomic E-state index is -1.27. The molecule has 0 fully saturated rings. The smallest absolute Gasteiger partial charge is 0.326 e. The quantitative estimate of drug-likeness (QED) is 0.0597. The van der Waals surface area contributed by atoms with E-state index >= 15 is 0 Å². The van der Waals surface area contributed by atoms with Crippen molar-refractivity contribution >= 4 is 35.6 Å². The Hall–Kier alpha value is -4.20. The van der Waals surface area contributed by atoms with Crippen molar-refractivity contribution in [3.8, 4) is 0 Å². The zero-order valence-corrected chi connectivity index (χ0v) is 22.9. The lowest BCUT2D eigenvalue weighted by Crippen LogP contribution is -2.55. The van der Waals surface area contributed by atoms with Gasteiger partial charge in [0.05, 0.1) is 12.6 Å². The van der Waals surface area contributed by atoms with Gasteiger partial charge in [-0.05, 0) is 30.7 Å². The van der Waals surface area contributed by atoms with Gasteiger partial charge in [0.15, 0.2) is 5.96 Å². The van der Waals surface area contributed by atoms with Gasteiger partial charge in [0.2, 0.25) is 17.7 Å². The minimum absolute atomic E-state index is 0.0517. The van der Waals surface area contributed by atoms with E-state index in [1.54, 1.807) is 0 Å². The van der Waals surface area contributed by atoms with Crippen molar-refractivity contribution in [2.45, 2.75) is 70.6 Å². The number of hydrogen-bond donors (Lipinski definition) is 8. The van der Waals surface area contributed by atoms with Gasteiger partial charge in [0.25, 0.3) is 0 Å². The van der Waals surface area contributed by atoms with Crippen LogP contribution in [0.5, 0.6) is 0 Å². The Morgan fingerprint density at radius 1 is 0.950 bits per heavy atom. The Kier molecular flexibility index (Phi) is 15.4. The van der Waals surface area contributed by atoms with Gasteiger partial charge in [-0.3, -0.25) is 24.2 Å². The summed E-state index contributed by atoms with van der Waals surface area (Å²) in [5.41, 5.74) is 11.4. The molecule has 0 aliphatic rings. The molecule has 0 bridgehead atoms. The van der Waals surface area contributed by atoms with Crippen molar-refractivity contribution in [3.63, 3.8) is 0 Å². The summed E-state index contributed by atoms with van der Waals surface area (Å²) < 4.78 is 0. The molecule has 0 spiro atoms. The van der Waals surface area contributed by atoms with Crippen LogP contribution in [-0.2, 0) is 30.5 Å². The fourth-order valence-corrected chi connectivity index (χ4v) is 3.71. The monoisotopic (exact) mass is 563 g/mol. The first kappa shape index (κ1) is 33.8. The van der Waals surface area contributed by atoms with Gasteiger partial charge in [0.1, 0.15) is 12.1 Å². The topological polar surface area (TPSA) is 238 Å². The summed E-state index contributed by atoms with van der Waals surface area (Å²) in [6.07, 6.45) is 0.412. The largest absolute Gasteiger partial charge is 0.481 e. The standard InChI is InChI=1S/C26H41N7O7/c1-3-16(2)22(30-14-17-8-5-4-6-9-17)24(38)33-18(11-12-21(35)36)23(37)31-15-20(34)32-19(25(39)40)10-7-13-29-26(27)28/h4-6,8-9,16,18-19,22,30H,3,7,10-15H2,1-2H3,(H,31,37)(H,32,34)(H,33,38)(H,35,36)(H,39,40)(H4,27,28,29). The number of carbonyl (C=O) groups excluding carboxylic acids is 3. The average molecular weight is 564 g/mol. The molecule has 0 saturated heterocycles. The molecule has 1 rings (SSSR count). The van der Waals surface area contributed by atoms with E-state index in [0.29, 0.717) is 19.4 Å². The number of rotatable bonds is 19. The van der Waals surface area contributed by atoms with Gasteiger partial charge in [-0.2, -0.15) is 0 Å². The molecule has 14 heteroatoms. The maximum atomic E-state index is 13.2. The Morgan fingerprint density at radius 2 is 1.62 bits per heavy atom. The van der Waals surface area contributed by atoms with Crippen LogP contribution in [0.15, 0.2) is 35.3 Å². The van der Waals surface area contributed by atoms with Gasteiger partial charge >= 0.3 is 11.9 Å². The first-order valence-corrected chi connectivity index (χ1v) is 13.1. The molecule has 222 valence electrons. The number of nitrogens with zero attached hydrogens (tertiary/aromatic N) is 1. The molecule has 4 unspecified atom stereocenters. The van der Waals surface area contributed by atoms with E-state index in [2.05, 4.69) is 26.3 Å². The number of aliphatic carboxylic acids is 2. The van der Waals surface area contributed by atoms with E-state index in [0.717, 1.165) is 5.56 Å². The minimum Gasteiger partial charge on any atom is -0.481 e. The number of guanidine groups is 1. The van der Waals surface area contributed by atoms with Crippen LogP contribution in [0.1, 0.15) is 51.5 Å². The Bertz CT molecular complexity index is 1020. The zero-order valence-electron chi connectivity index (χ0n) is 22.9. The first-order valence-electron chi connectivity index (χ1n) is 13.1. The fraction of sp³-hybridized carbons (Fsp3) is 0.538. The van der Waals surface area contributed by atoms with Crippen molar-refractivity contribution in [1.82, 2.24) is 21.3 Å². The fourth-order valence-electron chi connectivity index (χ4n) is 3.71. The highest BCUT2D eigenvalue weighted by atomic mass is 16.4. The number of benzene rings is 1. The van der Waals surface area contributed by atoms with Crippen LogP contribution >= 0.6 is 0 Å². The maximum absolute atomic E-state index is 13.2. The molecule has 3 amide bonds. The van der Waals surface area contributed by atoms with Gasteiger partial charge in [0, 0.05) is 19.5 Å². The zero-order chi connectivity index (χ0) is 30.1. The van der Waals surface area contributed by atoms with Gasteiger partial charge < -0.3 is 42.9 Å². The maximum Gasteiger partial charge on any atom is 0.326 e. The molecular formula is C26H41N7O7. The number of amides is 3. The van der Waals surface area contributed by atoms with Crippen molar-refractivity contribution < 1.29 is 34.2 Å².